The summed E-state index contributed by atoms with van der Waals surface area (Å²) in [4.78, 5) is 0.215. The average Bonchev–Trinajstić information content (AvgIpc) is 2.77. The van der Waals surface area contributed by atoms with E-state index >= 15 is 0 Å². The normalized spacial score (nSPS) is 11.6. The second kappa shape index (κ2) is 5.26. The lowest BCUT2D eigenvalue weighted by molar-refractivity contribution is 0.593. The minimum atomic E-state index is -3.66. The molecule has 0 saturated carbocycles. The van der Waals surface area contributed by atoms with Crippen LogP contribution in [0.5, 0.6) is 0 Å². The molecule has 0 saturated heterocycles. The Labute approximate surface area is 118 Å². The van der Waals surface area contributed by atoms with E-state index in [2.05, 4.69) is 10.2 Å². The third kappa shape index (κ3) is 2.30. The Bertz CT molecular complexity index is 702. The van der Waals surface area contributed by atoms with Crippen LogP contribution in [0.25, 0.3) is 0 Å². The summed E-state index contributed by atoms with van der Waals surface area (Å²) >= 11 is 0. The van der Waals surface area contributed by atoms with Crippen LogP contribution in [-0.2, 0) is 16.6 Å². The van der Waals surface area contributed by atoms with Crippen LogP contribution in [0, 0.1) is 13.8 Å². The molecule has 0 atom stereocenters. The lowest BCUT2D eigenvalue weighted by Gasteiger charge is -2.22. The summed E-state index contributed by atoms with van der Waals surface area (Å²) < 4.78 is 26.7. The molecule has 6 nitrogen and oxygen atoms in total. The number of H-pyrrole nitrogens is 1. The third-order valence-electron chi connectivity index (χ3n) is 3.23. The van der Waals surface area contributed by atoms with Crippen molar-refractivity contribution in [3.8, 4) is 0 Å². The standard InChI is InChI=1S/C13H18N4O2S/c1-9-13(10(2)16-15-9)20(18,19)17(3)12-7-5-4-6-11(12)8-14/h4-7H,8,14H2,1-3H3,(H,15,16). The average molecular weight is 294 g/mol. The molecule has 3 N–H and O–H groups in total. The first-order valence-electron chi connectivity index (χ1n) is 6.18. The highest BCUT2D eigenvalue weighted by molar-refractivity contribution is 7.92. The second-order valence-corrected chi connectivity index (χ2v) is 6.47. The first kappa shape index (κ1) is 14.5. The van der Waals surface area contributed by atoms with Gasteiger partial charge in [-0.05, 0) is 25.5 Å². The fourth-order valence-corrected chi connectivity index (χ4v) is 3.74. The summed E-state index contributed by atoms with van der Waals surface area (Å²) in [6.07, 6.45) is 0. The molecule has 0 aliphatic heterocycles. The zero-order valence-electron chi connectivity index (χ0n) is 11.7. The van der Waals surface area contributed by atoms with E-state index in [1.165, 1.54) is 11.4 Å². The summed E-state index contributed by atoms with van der Waals surface area (Å²) in [6, 6.07) is 7.18. The Hall–Kier alpha value is -1.86. The smallest absolute Gasteiger partial charge is 0.267 e. The second-order valence-electron chi connectivity index (χ2n) is 4.57. The summed E-state index contributed by atoms with van der Waals surface area (Å²) in [7, 11) is -2.14. The molecule has 2 aromatic rings. The monoisotopic (exact) mass is 294 g/mol. The predicted octanol–water partition coefficient (Wildman–Crippen LogP) is 1.31. The predicted molar refractivity (Wildman–Crippen MR) is 78.0 cm³/mol. The molecule has 20 heavy (non-hydrogen) atoms. The van der Waals surface area contributed by atoms with Crippen LogP contribution in [0.3, 0.4) is 0 Å². The Balaban J connectivity index is 2.55. The van der Waals surface area contributed by atoms with Crippen LogP contribution in [0.15, 0.2) is 29.2 Å². The van der Waals surface area contributed by atoms with Crippen molar-refractivity contribution in [1.29, 1.82) is 0 Å². The number of para-hydroxylation sites is 1. The van der Waals surface area contributed by atoms with Gasteiger partial charge in [0.2, 0.25) is 0 Å². The van der Waals surface area contributed by atoms with E-state index in [1.54, 1.807) is 26.0 Å². The van der Waals surface area contributed by atoms with Crippen molar-refractivity contribution < 1.29 is 8.42 Å². The molecule has 0 aliphatic carbocycles. The fraction of sp³-hybridized carbons (Fsp3) is 0.308. The number of hydrogen-bond donors (Lipinski definition) is 2. The van der Waals surface area contributed by atoms with Crippen molar-refractivity contribution in [3.63, 3.8) is 0 Å². The molecule has 108 valence electrons. The van der Waals surface area contributed by atoms with E-state index in [9.17, 15) is 8.42 Å². The highest BCUT2D eigenvalue weighted by atomic mass is 32.2. The maximum atomic E-state index is 12.7. The minimum Gasteiger partial charge on any atom is -0.326 e. The van der Waals surface area contributed by atoms with Gasteiger partial charge in [-0.2, -0.15) is 5.10 Å². The Kier molecular flexibility index (Phi) is 3.82. The maximum absolute atomic E-state index is 12.7. The Morgan fingerprint density at radius 1 is 1.30 bits per heavy atom. The molecule has 7 heteroatoms. The number of rotatable bonds is 4. The first-order valence-corrected chi connectivity index (χ1v) is 7.62. The summed E-state index contributed by atoms with van der Waals surface area (Å²) in [5, 5.41) is 6.64. The van der Waals surface area contributed by atoms with Gasteiger partial charge in [0.25, 0.3) is 10.0 Å². The van der Waals surface area contributed by atoms with Gasteiger partial charge in [-0.3, -0.25) is 9.40 Å². The number of hydrogen-bond acceptors (Lipinski definition) is 4. The van der Waals surface area contributed by atoms with Gasteiger partial charge >= 0.3 is 0 Å². The largest absolute Gasteiger partial charge is 0.326 e. The van der Waals surface area contributed by atoms with Crippen LogP contribution in [0.2, 0.25) is 0 Å². The van der Waals surface area contributed by atoms with Gasteiger partial charge < -0.3 is 5.73 Å². The van der Waals surface area contributed by atoms with Gasteiger partial charge in [-0.25, -0.2) is 8.42 Å². The molecule has 0 aliphatic rings. The van der Waals surface area contributed by atoms with E-state index in [0.717, 1.165) is 5.56 Å². The van der Waals surface area contributed by atoms with E-state index < -0.39 is 10.0 Å². The van der Waals surface area contributed by atoms with E-state index in [-0.39, 0.29) is 11.4 Å². The number of nitrogens with two attached hydrogens (primary N) is 1. The summed E-state index contributed by atoms with van der Waals surface area (Å²) in [6.45, 7) is 3.63. The lowest BCUT2D eigenvalue weighted by Crippen LogP contribution is -2.28. The van der Waals surface area contributed by atoms with Crippen molar-refractivity contribution in [2.24, 2.45) is 5.73 Å². The van der Waals surface area contributed by atoms with Crippen LogP contribution in [-0.4, -0.2) is 25.7 Å². The molecule has 0 bridgehead atoms. The highest BCUT2D eigenvalue weighted by Crippen LogP contribution is 2.27. The lowest BCUT2D eigenvalue weighted by atomic mass is 10.2. The molecular weight excluding hydrogens is 276 g/mol. The van der Waals surface area contributed by atoms with Crippen molar-refractivity contribution in [1.82, 2.24) is 10.2 Å². The molecule has 0 spiro atoms. The van der Waals surface area contributed by atoms with Crippen molar-refractivity contribution >= 4 is 15.7 Å². The molecule has 0 amide bonds. The van der Waals surface area contributed by atoms with Gasteiger partial charge in [-0.1, -0.05) is 18.2 Å². The molecule has 0 fully saturated rings. The zero-order valence-corrected chi connectivity index (χ0v) is 12.5. The topological polar surface area (TPSA) is 92.1 Å². The van der Waals surface area contributed by atoms with Gasteiger partial charge in [-0.15, -0.1) is 0 Å². The van der Waals surface area contributed by atoms with Crippen LogP contribution < -0.4 is 10.0 Å². The van der Waals surface area contributed by atoms with Gasteiger partial charge in [0.05, 0.1) is 17.1 Å². The third-order valence-corrected chi connectivity index (χ3v) is 5.27. The fourth-order valence-electron chi connectivity index (χ4n) is 2.18. The number of aromatic amines is 1. The minimum absolute atomic E-state index is 0.215. The molecular formula is C13H18N4O2S. The van der Waals surface area contributed by atoms with E-state index in [1.807, 2.05) is 12.1 Å². The van der Waals surface area contributed by atoms with Crippen LogP contribution in [0.1, 0.15) is 17.0 Å². The van der Waals surface area contributed by atoms with Gasteiger partial charge in [0, 0.05) is 13.6 Å². The molecule has 2 rings (SSSR count). The van der Waals surface area contributed by atoms with Gasteiger partial charge in [0.1, 0.15) is 4.90 Å². The molecule has 0 radical (unpaired) electrons. The number of nitrogens with one attached hydrogen (secondary N) is 1. The zero-order chi connectivity index (χ0) is 14.9. The number of aryl methyl sites for hydroxylation is 2. The quantitative estimate of drug-likeness (QED) is 0.889. The number of sulfonamides is 1. The van der Waals surface area contributed by atoms with E-state index in [4.69, 9.17) is 5.73 Å². The first-order chi connectivity index (χ1) is 9.39. The molecule has 1 aromatic heterocycles. The molecule has 1 heterocycles. The van der Waals surface area contributed by atoms with Crippen LogP contribution >= 0.6 is 0 Å². The number of nitrogens with zero attached hydrogens (tertiary/aromatic N) is 2. The van der Waals surface area contributed by atoms with Crippen molar-refractivity contribution in [3.05, 3.63) is 41.2 Å². The van der Waals surface area contributed by atoms with Crippen LogP contribution in [0.4, 0.5) is 5.69 Å². The summed E-state index contributed by atoms with van der Waals surface area (Å²) in [5.41, 5.74) is 8.01. The Morgan fingerprint density at radius 3 is 2.50 bits per heavy atom. The maximum Gasteiger partial charge on any atom is 0.267 e. The van der Waals surface area contributed by atoms with Gasteiger partial charge in [0.15, 0.2) is 0 Å². The molecule has 1 aromatic carbocycles. The number of benzene rings is 1. The Morgan fingerprint density at radius 2 is 1.95 bits per heavy atom. The van der Waals surface area contributed by atoms with Crippen molar-refractivity contribution in [2.75, 3.05) is 11.4 Å². The summed E-state index contributed by atoms with van der Waals surface area (Å²) in [5.74, 6) is 0. The number of aromatic nitrogens is 2. The SMILES string of the molecule is Cc1n[nH]c(C)c1S(=O)(=O)N(C)c1ccccc1CN. The highest BCUT2D eigenvalue weighted by Gasteiger charge is 2.28. The van der Waals surface area contributed by atoms with E-state index in [0.29, 0.717) is 17.1 Å². The van der Waals surface area contributed by atoms with Crippen molar-refractivity contribution in [2.45, 2.75) is 25.3 Å². The number of anilines is 1. The molecule has 0 unspecified atom stereocenters.